The Kier molecular flexibility index (Phi) is 9.46. The third-order valence-electron chi connectivity index (χ3n) is 4.68. The standard InChI is InChI=1S/C24H32N2O2/c1-4-15-26(3)16-14-25-24(27)13-17-28-19-22-11-9-21(10-12-22)18-23-8-6-5-7-20(23)2/h4-12H,1,13-19H2,2-3H3,(H,25,27). The van der Waals surface area contributed by atoms with E-state index in [2.05, 4.69) is 72.3 Å². The fourth-order valence-corrected chi connectivity index (χ4v) is 2.92. The van der Waals surface area contributed by atoms with Crippen molar-refractivity contribution >= 4 is 5.91 Å². The summed E-state index contributed by atoms with van der Waals surface area (Å²) < 4.78 is 5.65. The van der Waals surface area contributed by atoms with Gasteiger partial charge in [-0.1, -0.05) is 54.6 Å². The Bertz CT molecular complexity index is 741. The minimum atomic E-state index is 0.0283. The van der Waals surface area contributed by atoms with Crippen molar-refractivity contribution in [2.24, 2.45) is 0 Å². The van der Waals surface area contributed by atoms with Crippen molar-refractivity contribution in [2.75, 3.05) is 33.3 Å². The Morgan fingerprint density at radius 1 is 1.14 bits per heavy atom. The maximum atomic E-state index is 11.8. The van der Waals surface area contributed by atoms with Crippen molar-refractivity contribution in [1.29, 1.82) is 0 Å². The molecule has 4 heteroatoms. The van der Waals surface area contributed by atoms with E-state index >= 15 is 0 Å². The molecule has 0 fully saturated rings. The van der Waals surface area contributed by atoms with Crippen LogP contribution in [-0.2, 0) is 22.6 Å². The highest BCUT2D eigenvalue weighted by atomic mass is 16.5. The zero-order valence-electron chi connectivity index (χ0n) is 17.1. The molecule has 0 aliphatic rings. The predicted molar refractivity (Wildman–Crippen MR) is 115 cm³/mol. The summed E-state index contributed by atoms with van der Waals surface area (Å²) in [6, 6.07) is 17.0. The summed E-state index contributed by atoms with van der Waals surface area (Å²) in [7, 11) is 2.00. The molecule has 4 nitrogen and oxygen atoms in total. The van der Waals surface area contributed by atoms with E-state index in [1.807, 2.05) is 13.1 Å². The highest BCUT2D eigenvalue weighted by Crippen LogP contribution is 2.14. The molecule has 2 rings (SSSR count). The topological polar surface area (TPSA) is 41.6 Å². The minimum absolute atomic E-state index is 0.0283. The third kappa shape index (κ3) is 8.07. The second-order valence-electron chi connectivity index (χ2n) is 7.12. The number of nitrogens with zero attached hydrogens (tertiary/aromatic N) is 1. The van der Waals surface area contributed by atoms with E-state index in [0.717, 1.165) is 25.1 Å². The lowest BCUT2D eigenvalue weighted by atomic mass is 10.00. The van der Waals surface area contributed by atoms with Crippen LogP contribution < -0.4 is 5.32 Å². The van der Waals surface area contributed by atoms with Crippen LogP contribution in [0.4, 0.5) is 0 Å². The van der Waals surface area contributed by atoms with Crippen LogP contribution in [-0.4, -0.2) is 44.1 Å². The number of likely N-dealkylation sites (N-methyl/N-ethyl adjacent to an activating group) is 1. The summed E-state index contributed by atoms with van der Waals surface area (Å²) in [6.45, 7) is 9.08. The van der Waals surface area contributed by atoms with Crippen LogP contribution in [0.25, 0.3) is 0 Å². The SMILES string of the molecule is C=CCN(C)CCNC(=O)CCOCc1ccc(Cc2ccccc2C)cc1. The van der Waals surface area contributed by atoms with Crippen LogP contribution in [0, 0.1) is 6.92 Å². The lowest BCUT2D eigenvalue weighted by Crippen LogP contribution is -2.33. The number of ether oxygens (including phenoxy) is 1. The summed E-state index contributed by atoms with van der Waals surface area (Å²) in [6.07, 6.45) is 3.18. The molecule has 150 valence electrons. The van der Waals surface area contributed by atoms with E-state index in [1.165, 1.54) is 16.7 Å². The van der Waals surface area contributed by atoms with Crippen LogP contribution in [0.3, 0.4) is 0 Å². The number of amides is 1. The number of hydrogen-bond donors (Lipinski definition) is 1. The molecular weight excluding hydrogens is 348 g/mol. The van der Waals surface area contributed by atoms with Crippen LogP contribution in [0.1, 0.15) is 28.7 Å². The Balaban J connectivity index is 1.63. The van der Waals surface area contributed by atoms with E-state index in [4.69, 9.17) is 4.74 Å². The Hall–Kier alpha value is -2.43. The van der Waals surface area contributed by atoms with Gasteiger partial charge in [-0.25, -0.2) is 0 Å². The number of rotatable bonds is 12. The number of carbonyl (C=O) groups is 1. The van der Waals surface area contributed by atoms with Crippen LogP contribution in [0.5, 0.6) is 0 Å². The fraction of sp³-hybridized carbons (Fsp3) is 0.375. The maximum Gasteiger partial charge on any atom is 0.222 e. The van der Waals surface area contributed by atoms with Gasteiger partial charge >= 0.3 is 0 Å². The van der Waals surface area contributed by atoms with Crippen molar-refractivity contribution in [2.45, 2.75) is 26.4 Å². The van der Waals surface area contributed by atoms with Gasteiger partial charge in [-0.3, -0.25) is 4.79 Å². The van der Waals surface area contributed by atoms with Gasteiger partial charge in [0, 0.05) is 26.1 Å². The van der Waals surface area contributed by atoms with Gasteiger partial charge in [0.05, 0.1) is 13.2 Å². The van der Waals surface area contributed by atoms with Gasteiger partial charge in [-0.2, -0.15) is 0 Å². The monoisotopic (exact) mass is 380 g/mol. The first kappa shape index (κ1) is 21.9. The zero-order valence-corrected chi connectivity index (χ0v) is 17.1. The number of carbonyl (C=O) groups excluding carboxylic acids is 1. The highest BCUT2D eigenvalue weighted by molar-refractivity contribution is 5.75. The molecule has 28 heavy (non-hydrogen) atoms. The van der Waals surface area contributed by atoms with Crippen LogP contribution in [0.15, 0.2) is 61.2 Å². The van der Waals surface area contributed by atoms with Crippen molar-refractivity contribution in [1.82, 2.24) is 10.2 Å². The maximum absolute atomic E-state index is 11.8. The molecule has 0 aromatic heterocycles. The molecule has 0 bridgehead atoms. The molecule has 0 aliphatic carbocycles. The van der Waals surface area contributed by atoms with Gasteiger partial charge < -0.3 is 15.0 Å². The lowest BCUT2D eigenvalue weighted by Gasteiger charge is -2.14. The van der Waals surface area contributed by atoms with E-state index < -0.39 is 0 Å². The van der Waals surface area contributed by atoms with Gasteiger partial charge in [0.15, 0.2) is 0 Å². The smallest absolute Gasteiger partial charge is 0.222 e. The Morgan fingerprint density at radius 2 is 1.86 bits per heavy atom. The average Bonchev–Trinajstić information content (AvgIpc) is 2.68. The van der Waals surface area contributed by atoms with E-state index in [0.29, 0.717) is 26.2 Å². The second kappa shape index (κ2) is 12.1. The Morgan fingerprint density at radius 3 is 2.57 bits per heavy atom. The van der Waals surface area contributed by atoms with Gasteiger partial charge in [0.1, 0.15) is 0 Å². The van der Waals surface area contributed by atoms with Gasteiger partial charge in [0.25, 0.3) is 0 Å². The molecule has 0 saturated carbocycles. The van der Waals surface area contributed by atoms with E-state index in [-0.39, 0.29) is 5.91 Å². The summed E-state index contributed by atoms with van der Waals surface area (Å²) >= 11 is 0. The zero-order chi connectivity index (χ0) is 20.2. The van der Waals surface area contributed by atoms with Crippen LogP contribution in [0.2, 0.25) is 0 Å². The number of nitrogens with one attached hydrogen (secondary N) is 1. The summed E-state index contributed by atoms with van der Waals surface area (Å²) in [4.78, 5) is 13.9. The molecule has 2 aromatic carbocycles. The second-order valence-corrected chi connectivity index (χ2v) is 7.12. The van der Waals surface area contributed by atoms with Gasteiger partial charge in [-0.05, 0) is 42.6 Å². The largest absolute Gasteiger partial charge is 0.376 e. The molecule has 1 amide bonds. The summed E-state index contributed by atoms with van der Waals surface area (Å²) in [5.74, 6) is 0.0283. The van der Waals surface area contributed by atoms with E-state index in [1.54, 1.807) is 0 Å². The fourth-order valence-electron chi connectivity index (χ4n) is 2.92. The van der Waals surface area contributed by atoms with Gasteiger partial charge in [0.2, 0.25) is 5.91 Å². The quantitative estimate of drug-likeness (QED) is 0.451. The lowest BCUT2D eigenvalue weighted by molar-refractivity contribution is -0.122. The first-order valence-electron chi connectivity index (χ1n) is 9.84. The van der Waals surface area contributed by atoms with Crippen molar-refractivity contribution in [3.8, 4) is 0 Å². The number of aryl methyl sites for hydroxylation is 1. The molecule has 0 heterocycles. The molecule has 0 atom stereocenters. The van der Waals surface area contributed by atoms with E-state index in [9.17, 15) is 4.79 Å². The molecule has 0 spiro atoms. The average molecular weight is 381 g/mol. The molecule has 0 saturated heterocycles. The van der Waals surface area contributed by atoms with Crippen LogP contribution >= 0.6 is 0 Å². The Labute approximate surface area is 169 Å². The summed E-state index contributed by atoms with van der Waals surface area (Å²) in [5.41, 5.74) is 5.09. The normalized spacial score (nSPS) is 10.8. The molecular formula is C24H32N2O2. The van der Waals surface area contributed by atoms with Crippen molar-refractivity contribution in [3.05, 3.63) is 83.4 Å². The number of benzene rings is 2. The molecule has 2 aromatic rings. The number of hydrogen-bond acceptors (Lipinski definition) is 3. The molecule has 0 radical (unpaired) electrons. The van der Waals surface area contributed by atoms with Gasteiger partial charge in [-0.15, -0.1) is 6.58 Å². The first-order chi connectivity index (χ1) is 13.6. The predicted octanol–water partition coefficient (Wildman–Crippen LogP) is 3.73. The molecule has 0 aliphatic heterocycles. The molecule has 0 unspecified atom stereocenters. The van der Waals surface area contributed by atoms with Crippen molar-refractivity contribution in [3.63, 3.8) is 0 Å². The molecule has 1 N–H and O–H groups in total. The first-order valence-corrected chi connectivity index (χ1v) is 9.84. The summed E-state index contributed by atoms with van der Waals surface area (Å²) in [5, 5.41) is 2.91. The minimum Gasteiger partial charge on any atom is -0.376 e. The highest BCUT2D eigenvalue weighted by Gasteiger charge is 2.03. The van der Waals surface area contributed by atoms with Crippen molar-refractivity contribution < 1.29 is 9.53 Å². The third-order valence-corrected chi connectivity index (χ3v) is 4.68.